The van der Waals surface area contributed by atoms with E-state index in [1.807, 2.05) is 89.4 Å². The molecule has 48 heavy (non-hydrogen) atoms. The van der Waals surface area contributed by atoms with Crippen molar-refractivity contribution in [2.75, 3.05) is 53.9 Å². The predicted octanol–water partition coefficient (Wildman–Crippen LogP) is 8.88. The van der Waals surface area contributed by atoms with Crippen LogP contribution in [-0.4, -0.2) is 71.5 Å². The molecule has 0 aromatic heterocycles. The van der Waals surface area contributed by atoms with E-state index in [0.29, 0.717) is 51.1 Å². The van der Waals surface area contributed by atoms with E-state index in [4.69, 9.17) is 36.0 Å². The number of rotatable bonds is 19. The topological polar surface area (TPSA) is 73.8 Å². The van der Waals surface area contributed by atoms with Gasteiger partial charge in [0.1, 0.15) is 11.5 Å². The van der Waals surface area contributed by atoms with Gasteiger partial charge >= 0.3 is 17.6 Å². The molecule has 0 aliphatic carbocycles. The number of fused-ring (bicyclic) bond motifs is 2. The fourth-order valence-electron chi connectivity index (χ4n) is 6.00. The van der Waals surface area contributed by atoms with Crippen molar-refractivity contribution in [2.24, 2.45) is 0 Å². The van der Waals surface area contributed by atoms with Crippen molar-refractivity contribution < 1.29 is 36.0 Å². The number of ether oxygens (including phenoxy) is 2. The summed E-state index contributed by atoms with van der Waals surface area (Å²) in [5.41, 5.74) is 7.76. The molecule has 0 radical (unpaired) electrons. The van der Waals surface area contributed by atoms with Crippen LogP contribution < -0.4 is 9.47 Å². The molecule has 0 saturated heterocycles. The predicted molar refractivity (Wildman–Crippen MR) is 199 cm³/mol. The van der Waals surface area contributed by atoms with Gasteiger partial charge in [-0.3, -0.25) is 0 Å². The summed E-state index contributed by atoms with van der Waals surface area (Å²) >= 11 is 0. The largest absolute Gasteiger partial charge is 0.529 e. The van der Waals surface area contributed by atoms with Crippen LogP contribution in [0.4, 0.5) is 0 Å². The maximum absolute atomic E-state index is 6.14. The maximum atomic E-state index is 6.14. The molecule has 0 heterocycles. The molecule has 0 aliphatic heterocycles. The summed E-state index contributed by atoms with van der Waals surface area (Å²) < 4.78 is 48.9. The Morgan fingerprint density at radius 3 is 1.02 bits per heavy atom. The minimum absolute atomic E-state index is 0.490. The molecule has 4 aromatic carbocycles. The summed E-state index contributed by atoms with van der Waals surface area (Å²) in [6, 6.07) is 20.8. The normalized spacial score (nSPS) is 12.6. The van der Waals surface area contributed by atoms with Crippen LogP contribution in [0.15, 0.2) is 72.1 Å². The first-order valence-corrected chi connectivity index (χ1v) is 20.4. The zero-order valence-electron chi connectivity index (χ0n) is 29.6. The Balaban J connectivity index is 1.98. The van der Waals surface area contributed by atoms with E-state index in [0.717, 1.165) is 43.8 Å². The molecule has 0 bridgehead atoms. The molecular weight excluding hydrogens is 641 g/mol. The monoisotopic (exact) mass is 690 g/mol. The quantitative estimate of drug-likeness (QED) is 0.0904. The molecule has 0 aliphatic rings. The van der Waals surface area contributed by atoms with Gasteiger partial charge in [0.15, 0.2) is 0 Å². The lowest BCUT2D eigenvalue weighted by Gasteiger charge is -2.25. The number of benzene rings is 4. The highest BCUT2D eigenvalue weighted by atomic mass is 28.4. The van der Waals surface area contributed by atoms with Gasteiger partial charge in [-0.15, -0.1) is 0 Å². The highest BCUT2D eigenvalue weighted by Crippen LogP contribution is 2.47. The van der Waals surface area contributed by atoms with Crippen molar-refractivity contribution >= 4 is 51.3 Å². The first kappa shape index (κ1) is 37.5. The van der Waals surface area contributed by atoms with Crippen LogP contribution in [0.25, 0.3) is 44.8 Å². The van der Waals surface area contributed by atoms with Crippen LogP contribution in [0.5, 0.6) is 11.5 Å². The fraction of sp³-hybridized carbons (Fsp3) is 0.368. The molecule has 0 unspecified atom stereocenters. The lowest BCUT2D eigenvalue weighted by atomic mass is 9.89. The van der Waals surface area contributed by atoms with E-state index in [9.17, 15) is 0 Å². The summed E-state index contributed by atoms with van der Waals surface area (Å²) in [5, 5.41) is 4.14. The molecule has 0 spiro atoms. The Morgan fingerprint density at radius 2 is 0.750 bits per heavy atom. The Labute approximate surface area is 287 Å². The van der Waals surface area contributed by atoms with E-state index in [1.165, 1.54) is 0 Å². The van der Waals surface area contributed by atoms with Crippen molar-refractivity contribution in [2.45, 2.75) is 41.5 Å². The van der Waals surface area contributed by atoms with Crippen LogP contribution in [0.3, 0.4) is 0 Å². The van der Waals surface area contributed by atoms with Crippen LogP contribution in [0.1, 0.15) is 52.7 Å². The third kappa shape index (κ3) is 8.27. The Kier molecular flexibility index (Phi) is 14.0. The molecule has 0 N–H and O–H groups in total. The second kappa shape index (κ2) is 17.9. The molecule has 258 valence electrons. The van der Waals surface area contributed by atoms with E-state index >= 15 is 0 Å². The SMILES string of the molecule is CCO[Si](/C=C/c1cc(OC)c(-c2c(OC)cc(/C=C/[Si](OCC)(OCC)OCC)c3ccccc23)c2ccccc12)(OCC)OCC. The summed E-state index contributed by atoms with van der Waals surface area (Å²) in [7, 11) is -2.67. The van der Waals surface area contributed by atoms with Crippen molar-refractivity contribution in [3.63, 3.8) is 0 Å². The molecule has 4 rings (SSSR count). The fourth-order valence-corrected chi connectivity index (χ4v) is 10.3. The summed E-state index contributed by atoms with van der Waals surface area (Å²) in [4.78, 5) is 0. The highest BCUT2D eigenvalue weighted by Gasteiger charge is 2.38. The average Bonchev–Trinajstić information content (AvgIpc) is 3.10. The second-order valence-electron chi connectivity index (χ2n) is 10.6. The first-order chi connectivity index (χ1) is 23.4. The molecule has 4 aromatic rings. The van der Waals surface area contributed by atoms with Gasteiger partial charge in [-0.05, 0) is 97.7 Å². The van der Waals surface area contributed by atoms with E-state index in [2.05, 4.69) is 36.4 Å². The van der Waals surface area contributed by atoms with E-state index in [-0.39, 0.29) is 0 Å². The highest BCUT2D eigenvalue weighted by molar-refractivity contribution is 6.67. The minimum atomic E-state index is -3.04. The van der Waals surface area contributed by atoms with Crippen LogP contribution in [0.2, 0.25) is 0 Å². The summed E-state index contributed by atoms with van der Waals surface area (Å²) in [6.07, 6.45) is 4.08. The maximum Gasteiger partial charge on any atom is 0.529 e. The molecule has 0 atom stereocenters. The molecule has 0 saturated carbocycles. The van der Waals surface area contributed by atoms with Gasteiger partial charge in [0.05, 0.1) is 14.2 Å². The molecule has 0 fully saturated rings. The number of hydrogen-bond acceptors (Lipinski definition) is 8. The van der Waals surface area contributed by atoms with Crippen molar-refractivity contribution in [1.82, 2.24) is 0 Å². The Morgan fingerprint density at radius 1 is 0.458 bits per heavy atom. The van der Waals surface area contributed by atoms with Gasteiger partial charge in [0.25, 0.3) is 0 Å². The molecular formula is C38H50O8Si2. The smallest absolute Gasteiger partial charge is 0.496 e. The van der Waals surface area contributed by atoms with Gasteiger partial charge in [0, 0.05) is 50.8 Å². The van der Waals surface area contributed by atoms with Gasteiger partial charge in [-0.2, -0.15) is 0 Å². The lowest BCUT2D eigenvalue weighted by molar-refractivity contribution is 0.0837. The molecule has 10 heteroatoms. The average molecular weight is 691 g/mol. The lowest BCUT2D eigenvalue weighted by Crippen LogP contribution is -2.44. The number of methoxy groups -OCH3 is 2. The van der Waals surface area contributed by atoms with Crippen LogP contribution in [-0.2, 0) is 26.6 Å². The van der Waals surface area contributed by atoms with Crippen molar-refractivity contribution in [1.29, 1.82) is 0 Å². The zero-order chi connectivity index (χ0) is 34.6. The second-order valence-corrected chi connectivity index (χ2v) is 15.5. The summed E-state index contributed by atoms with van der Waals surface area (Å²) in [5.74, 6) is 1.43. The van der Waals surface area contributed by atoms with Crippen LogP contribution >= 0.6 is 0 Å². The van der Waals surface area contributed by atoms with E-state index in [1.54, 1.807) is 14.2 Å². The Bertz CT molecular complexity index is 1540. The van der Waals surface area contributed by atoms with Gasteiger partial charge in [0.2, 0.25) is 0 Å². The van der Waals surface area contributed by atoms with Crippen molar-refractivity contribution in [3.05, 3.63) is 83.2 Å². The zero-order valence-corrected chi connectivity index (χ0v) is 31.6. The van der Waals surface area contributed by atoms with Crippen molar-refractivity contribution in [3.8, 4) is 22.6 Å². The van der Waals surface area contributed by atoms with Gasteiger partial charge in [-0.25, -0.2) is 0 Å². The van der Waals surface area contributed by atoms with Gasteiger partial charge in [-0.1, -0.05) is 60.7 Å². The molecule has 8 nitrogen and oxygen atoms in total. The minimum Gasteiger partial charge on any atom is -0.496 e. The third-order valence-electron chi connectivity index (χ3n) is 7.78. The number of hydrogen-bond donors (Lipinski definition) is 0. The van der Waals surface area contributed by atoms with Gasteiger partial charge < -0.3 is 36.0 Å². The van der Waals surface area contributed by atoms with E-state index < -0.39 is 17.6 Å². The standard InChI is InChI=1S/C38H50O8Si2/c1-9-41-47(42-10-2,43-11-3)25-23-29-27-35(39-7)37(33-21-17-15-19-31(29)33)38-34-22-18-16-20-32(34)30(28-36(38)40-8)24-26-48(44-12-4,45-13-5)46-14-6/h15-28H,9-14H2,1-8H3/b25-23+,26-24+. The first-order valence-electron chi connectivity index (χ1n) is 16.8. The third-order valence-corrected chi connectivity index (χ3v) is 13.1. The van der Waals surface area contributed by atoms with Crippen LogP contribution in [0, 0.1) is 0 Å². The summed E-state index contributed by atoms with van der Waals surface area (Å²) in [6.45, 7) is 14.7. The Hall–Kier alpha value is -3.33. The molecule has 0 amide bonds.